The molecule has 0 aromatic heterocycles. The van der Waals surface area contributed by atoms with Crippen molar-refractivity contribution < 1.29 is 58.3 Å². The number of allylic oxidation sites excluding steroid dienone is 4. The molecule has 14 nitrogen and oxygen atoms in total. The van der Waals surface area contributed by atoms with Gasteiger partial charge in [-0.1, -0.05) is 30.7 Å². The van der Waals surface area contributed by atoms with Crippen LogP contribution in [0.1, 0.15) is 45.1 Å². The monoisotopic (exact) mass is 646 g/mol. The number of aliphatic hydroxyl groups is 3. The third-order valence-electron chi connectivity index (χ3n) is 10.5. The molecule has 46 heavy (non-hydrogen) atoms. The number of rotatable bonds is 9. The van der Waals surface area contributed by atoms with Crippen molar-refractivity contribution in [3.63, 3.8) is 0 Å². The summed E-state index contributed by atoms with van der Waals surface area (Å²) in [6, 6.07) is 5.55. The van der Waals surface area contributed by atoms with Crippen LogP contribution >= 0.6 is 0 Å². The normalized spacial score (nSPS) is 36.0. The summed E-state index contributed by atoms with van der Waals surface area (Å²) in [7, 11) is 0. The van der Waals surface area contributed by atoms with Crippen molar-refractivity contribution in [3.05, 3.63) is 63.7 Å². The van der Waals surface area contributed by atoms with Gasteiger partial charge in [-0.3, -0.25) is 14.4 Å². The lowest BCUT2D eigenvalue weighted by atomic mass is 9.44. The number of amides is 1. The summed E-state index contributed by atoms with van der Waals surface area (Å²) < 4.78 is 27.2. The van der Waals surface area contributed by atoms with Crippen LogP contribution in [0.2, 0.25) is 0 Å². The number of esters is 1. The van der Waals surface area contributed by atoms with E-state index in [0.29, 0.717) is 17.6 Å². The summed E-state index contributed by atoms with van der Waals surface area (Å²) in [6.07, 6.45) is -0.114. The number of carbonyl (C=O) groups is 4. The number of nitrogens with zero attached hydrogens (tertiary/aromatic N) is 1. The average Bonchev–Trinajstić information content (AvgIpc) is 3.20. The number of Topliss-reactive ketones (excluding diaryl/α,β-unsaturated/α-hetero) is 1. The van der Waals surface area contributed by atoms with Crippen molar-refractivity contribution in [2.75, 3.05) is 13.2 Å². The smallest absolute Gasteiger partial charge is 0.413 e. The van der Waals surface area contributed by atoms with E-state index in [2.05, 4.69) is 10.2 Å². The van der Waals surface area contributed by atoms with Crippen molar-refractivity contribution in [1.82, 2.24) is 5.32 Å². The second-order valence-corrected chi connectivity index (χ2v) is 12.8. The highest BCUT2D eigenvalue weighted by molar-refractivity contribution is 6.01. The number of nitrogens with one attached hydrogen (secondary N) is 1. The molecule has 0 saturated heterocycles. The zero-order chi connectivity index (χ0) is 33.7. The number of carbonyl (C=O) groups excluding carboxylic acids is 4. The van der Waals surface area contributed by atoms with E-state index in [1.807, 2.05) is 0 Å². The first-order chi connectivity index (χ1) is 21.6. The summed E-state index contributed by atoms with van der Waals surface area (Å²) in [5.74, 6) is -3.88. The predicted molar refractivity (Wildman–Crippen MR) is 153 cm³/mol. The molecule has 5 rings (SSSR count). The van der Waals surface area contributed by atoms with E-state index >= 15 is 4.39 Å². The average molecular weight is 647 g/mol. The molecule has 4 aliphatic carbocycles. The Kier molecular flexibility index (Phi) is 8.55. The van der Waals surface area contributed by atoms with E-state index in [9.17, 15) is 44.6 Å². The number of fused-ring (bicyclic) bond motifs is 5. The van der Waals surface area contributed by atoms with Crippen LogP contribution in [0.25, 0.3) is 0 Å². The van der Waals surface area contributed by atoms with Crippen LogP contribution in [0, 0.1) is 32.8 Å². The zero-order valence-corrected chi connectivity index (χ0v) is 25.1. The summed E-state index contributed by atoms with van der Waals surface area (Å²) >= 11 is 0. The summed E-state index contributed by atoms with van der Waals surface area (Å²) in [5.41, 5.74) is -6.47. The predicted octanol–water partition coefficient (Wildman–Crippen LogP) is 1.67. The Bertz CT molecular complexity index is 1510. The van der Waals surface area contributed by atoms with Gasteiger partial charge in [0, 0.05) is 16.7 Å². The quantitative estimate of drug-likeness (QED) is 0.171. The number of ether oxygens (including phenoxy) is 2. The SMILES string of the molecule is C[C@]12C=CC(=O)C=C1CCC1C3C[C@@H](O)[C@](O)(C(=O)COC(=O)CNC(=O)Oc4ccc(CO[N+](=O)[O-])cc4)[C@@]3(C)C[C@H](O)[C@@]12F. The molecule has 0 aliphatic heterocycles. The van der Waals surface area contributed by atoms with E-state index in [1.54, 1.807) is 6.92 Å². The summed E-state index contributed by atoms with van der Waals surface area (Å²) in [4.78, 5) is 64.4. The molecule has 0 spiro atoms. The fraction of sp³-hybridized carbons (Fsp3) is 0.548. The van der Waals surface area contributed by atoms with Gasteiger partial charge in [-0.2, -0.15) is 0 Å². The van der Waals surface area contributed by atoms with E-state index in [0.717, 1.165) is 0 Å². The Morgan fingerprint density at radius 3 is 2.50 bits per heavy atom. The summed E-state index contributed by atoms with van der Waals surface area (Å²) in [5, 5.41) is 45.7. The first-order valence-electron chi connectivity index (χ1n) is 14.8. The van der Waals surface area contributed by atoms with E-state index in [4.69, 9.17) is 9.47 Å². The van der Waals surface area contributed by atoms with Gasteiger partial charge in [-0.25, -0.2) is 9.18 Å². The molecule has 1 aromatic carbocycles. The lowest BCUT2D eigenvalue weighted by Gasteiger charge is -2.62. The number of ketones is 2. The molecule has 2 unspecified atom stereocenters. The second kappa shape index (κ2) is 11.9. The Balaban J connectivity index is 1.19. The van der Waals surface area contributed by atoms with Crippen molar-refractivity contribution in [2.24, 2.45) is 22.7 Å². The highest BCUT2D eigenvalue weighted by atomic mass is 19.1. The number of halogens is 1. The number of alkyl halides is 1. The molecule has 15 heteroatoms. The van der Waals surface area contributed by atoms with Crippen molar-refractivity contribution in [1.29, 1.82) is 0 Å². The molecule has 4 aliphatic rings. The van der Waals surface area contributed by atoms with Crippen LogP contribution in [0.5, 0.6) is 5.75 Å². The number of hydrogen-bond donors (Lipinski definition) is 4. The second-order valence-electron chi connectivity index (χ2n) is 12.8. The van der Waals surface area contributed by atoms with E-state index in [-0.39, 0.29) is 37.4 Å². The standard InChI is InChI=1S/C31H35FN2O12/c1-28-10-9-19(35)11-18(28)5-8-21-22-12-23(36)31(41,29(22,2)13-24(37)30(21,28)32)25(38)16-44-26(39)14-33-27(40)46-20-6-3-17(4-7-20)15-45-34(42)43/h3-4,6-7,9-11,21-24,36-37,41H,5,8,12-16H2,1-2H3,(H,33,40)/t21?,22?,23-,24+,28+,29+,30+,31+/m1/s1. The molecule has 248 valence electrons. The molecule has 3 saturated carbocycles. The maximum atomic E-state index is 17.2. The molecule has 8 atom stereocenters. The molecule has 3 fully saturated rings. The molecule has 1 amide bonds. The summed E-state index contributed by atoms with van der Waals surface area (Å²) in [6.45, 7) is 1.17. The van der Waals surface area contributed by atoms with Crippen molar-refractivity contribution in [3.8, 4) is 5.75 Å². The number of hydrogen-bond acceptors (Lipinski definition) is 12. The highest BCUT2D eigenvalue weighted by Crippen LogP contribution is 2.69. The van der Waals surface area contributed by atoms with E-state index in [1.165, 1.54) is 49.4 Å². The number of aliphatic hydroxyl groups excluding tert-OH is 2. The minimum Gasteiger partial charge on any atom is -0.456 e. The fourth-order valence-electron chi connectivity index (χ4n) is 8.10. The zero-order valence-electron chi connectivity index (χ0n) is 25.1. The highest BCUT2D eigenvalue weighted by Gasteiger charge is 2.76. The van der Waals surface area contributed by atoms with Gasteiger partial charge in [-0.05, 0) is 68.4 Å². The van der Waals surface area contributed by atoms with Crippen LogP contribution in [-0.4, -0.2) is 80.7 Å². The molecule has 0 bridgehead atoms. The van der Waals surface area contributed by atoms with Crippen LogP contribution in [0.15, 0.2) is 48.1 Å². The third kappa shape index (κ3) is 5.25. The third-order valence-corrected chi connectivity index (χ3v) is 10.5. The van der Waals surface area contributed by atoms with Gasteiger partial charge in [0.2, 0.25) is 5.78 Å². The Morgan fingerprint density at radius 2 is 1.83 bits per heavy atom. The minimum absolute atomic E-state index is 0.0605. The van der Waals surface area contributed by atoms with Crippen LogP contribution in [-0.2, 0) is 30.6 Å². The topological polar surface area (TPSA) is 212 Å². The van der Waals surface area contributed by atoms with Crippen molar-refractivity contribution >= 4 is 23.6 Å². The minimum atomic E-state index is -2.47. The molecule has 4 N–H and O–H groups in total. The Labute approximate surface area is 262 Å². The van der Waals surface area contributed by atoms with Gasteiger partial charge < -0.3 is 34.9 Å². The van der Waals surface area contributed by atoms with Gasteiger partial charge in [-0.15, -0.1) is 10.1 Å². The van der Waals surface area contributed by atoms with Crippen LogP contribution in [0.4, 0.5) is 9.18 Å². The van der Waals surface area contributed by atoms with Gasteiger partial charge >= 0.3 is 12.1 Å². The fourth-order valence-corrected chi connectivity index (χ4v) is 8.10. The first kappa shape index (κ1) is 33.2. The van der Waals surface area contributed by atoms with Gasteiger partial charge in [0.1, 0.15) is 18.9 Å². The molecule has 1 aromatic rings. The molecule has 0 radical (unpaired) electrons. The molecular weight excluding hydrogens is 611 g/mol. The number of benzene rings is 1. The van der Waals surface area contributed by atoms with Crippen molar-refractivity contribution in [2.45, 2.75) is 69.6 Å². The molecule has 0 heterocycles. The Hall–Kier alpha value is -4.21. The lowest BCUT2D eigenvalue weighted by molar-refractivity contribution is -0.763. The Morgan fingerprint density at radius 1 is 1.13 bits per heavy atom. The van der Waals surface area contributed by atoms with Crippen LogP contribution < -0.4 is 10.1 Å². The van der Waals surface area contributed by atoms with Gasteiger partial charge in [0.25, 0.3) is 5.09 Å². The lowest BCUT2D eigenvalue weighted by Crippen LogP contribution is -2.69. The maximum absolute atomic E-state index is 17.2. The van der Waals surface area contributed by atoms with Gasteiger partial charge in [0.05, 0.1) is 12.2 Å². The first-order valence-corrected chi connectivity index (χ1v) is 14.8. The maximum Gasteiger partial charge on any atom is 0.413 e. The van der Waals surface area contributed by atoms with Crippen LogP contribution in [0.3, 0.4) is 0 Å². The van der Waals surface area contributed by atoms with Gasteiger partial charge in [0.15, 0.2) is 23.7 Å². The largest absolute Gasteiger partial charge is 0.456 e. The van der Waals surface area contributed by atoms with E-state index < -0.39 is 82.2 Å². The molecular formula is C31H35FN2O12.